The number of Topliss-reactive ketones (excluding diaryl/α,β-unsaturated/α-hetero) is 1. The van der Waals surface area contributed by atoms with Crippen LogP contribution in [0.1, 0.15) is 16.8 Å². The van der Waals surface area contributed by atoms with E-state index in [0.717, 1.165) is 0 Å². The normalized spacial score (nSPS) is 11.0. The van der Waals surface area contributed by atoms with E-state index in [1.165, 1.54) is 12.1 Å². The Labute approximate surface area is 237 Å². The minimum absolute atomic E-state index is 0.0570. The molecule has 0 fully saturated rings. The first kappa shape index (κ1) is 34.7. The molecule has 0 aliphatic heterocycles. The van der Waals surface area contributed by atoms with Crippen LogP contribution in [-0.2, 0) is 38.0 Å². The van der Waals surface area contributed by atoms with Crippen molar-refractivity contribution >= 4 is 17.7 Å². The Kier molecular flexibility index (Phi) is 16.2. The number of ketones is 1. The van der Waals surface area contributed by atoms with Crippen LogP contribution in [0.5, 0.6) is 5.75 Å². The molecule has 0 unspecified atom stereocenters. The van der Waals surface area contributed by atoms with Crippen molar-refractivity contribution in [1.29, 1.82) is 0 Å². The zero-order valence-electron chi connectivity index (χ0n) is 22.3. The standard InChI is InChI=1S/C27H29F5O10/c28-20-21(29)23(31)26(24(32)22(20)30)42-19(33)6-7-36-8-9-37-10-11-38-12-13-39-14-15-40-16-17-41-27(35)25(34)18-4-2-1-3-5-18/h1-5H,6-17H2. The number of halogens is 5. The molecule has 2 aromatic carbocycles. The van der Waals surface area contributed by atoms with Gasteiger partial charge in [0.05, 0.1) is 72.5 Å². The lowest BCUT2D eigenvalue weighted by atomic mass is 10.1. The van der Waals surface area contributed by atoms with E-state index in [2.05, 4.69) is 4.74 Å². The minimum Gasteiger partial charge on any atom is -0.457 e. The van der Waals surface area contributed by atoms with Gasteiger partial charge in [0.2, 0.25) is 34.8 Å². The van der Waals surface area contributed by atoms with Crippen molar-refractivity contribution < 1.29 is 69.5 Å². The Morgan fingerprint density at radius 2 is 0.929 bits per heavy atom. The van der Waals surface area contributed by atoms with Crippen molar-refractivity contribution in [3.05, 3.63) is 65.0 Å². The summed E-state index contributed by atoms with van der Waals surface area (Å²) >= 11 is 0. The Hall–Kier alpha value is -3.50. The molecule has 0 amide bonds. The second kappa shape index (κ2) is 19.6. The van der Waals surface area contributed by atoms with Gasteiger partial charge in [0.25, 0.3) is 5.78 Å². The lowest BCUT2D eigenvalue weighted by molar-refractivity contribution is -0.140. The van der Waals surface area contributed by atoms with Crippen LogP contribution in [0.25, 0.3) is 0 Å². The summed E-state index contributed by atoms with van der Waals surface area (Å²) in [5, 5.41) is 0. The molecule has 0 atom stereocenters. The summed E-state index contributed by atoms with van der Waals surface area (Å²) < 4.78 is 102. The highest BCUT2D eigenvalue weighted by Crippen LogP contribution is 2.29. The van der Waals surface area contributed by atoms with E-state index in [0.29, 0.717) is 13.2 Å². The van der Waals surface area contributed by atoms with Crippen LogP contribution in [0, 0.1) is 29.1 Å². The van der Waals surface area contributed by atoms with Gasteiger partial charge in [0.1, 0.15) is 6.61 Å². The van der Waals surface area contributed by atoms with Gasteiger partial charge in [-0.25, -0.2) is 18.0 Å². The maximum absolute atomic E-state index is 13.5. The number of rotatable bonds is 21. The van der Waals surface area contributed by atoms with E-state index < -0.39 is 59.0 Å². The van der Waals surface area contributed by atoms with Gasteiger partial charge < -0.3 is 33.2 Å². The summed E-state index contributed by atoms with van der Waals surface area (Å²) in [6.07, 6.45) is -0.503. The third-order valence-corrected chi connectivity index (χ3v) is 5.01. The first-order chi connectivity index (χ1) is 20.2. The average Bonchev–Trinajstić information content (AvgIpc) is 3.00. The monoisotopic (exact) mass is 608 g/mol. The van der Waals surface area contributed by atoms with Gasteiger partial charge in [0.15, 0.2) is 0 Å². The summed E-state index contributed by atoms with van der Waals surface area (Å²) in [7, 11) is 0. The van der Waals surface area contributed by atoms with Crippen LogP contribution < -0.4 is 4.74 Å². The van der Waals surface area contributed by atoms with E-state index in [9.17, 15) is 36.3 Å². The Morgan fingerprint density at radius 3 is 1.40 bits per heavy atom. The highest BCUT2D eigenvalue weighted by molar-refractivity contribution is 6.40. The zero-order chi connectivity index (χ0) is 30.7. The fraction of sp³-hybridized carbons (Fsp3) is 0.444. The molecule has 2 aromatic rings. The molecule has 0 bridgehead atoms. The van der Waals surface area contributed by atoms with Gasteiger partial charge in [-0.3, -0.25) is 9.59 Å². The van der Waals surface area contributed by atoms with Gasteiger partial charge in [0, 0.05) is 5.56 Å². The van der Waals surface area contributed by atoms with Gasteiger partial charge >= 0.3 is 11.9 Å². The lowest BCUT2D eigenvalue weighted by Crippen LogP contribution is -2.20. The van der Waals surface area contributed by atoms with Crippen LogP contribution in [0.15, 0.2) is 30.3 Å². The van der Waals surface area contributed by atoms with E-state index in [4.69, 9.17) is 28.4 Å². The molecular weight excluding hydrogens is 579 g/mol. The van der Waals surface area contributed by atoms with Crippen molar-refractivity contribution in [2.45, 2.75) is 6.42 Å². The predicted molar refractivity (Wildman–Crippen MR) is 132 cm³/mol. The van der Waals surface area contributed by atoms with Crippen molar-refractivity contribution in [3.8, 4) is 5.75 Å². The van der Waals surface area contributed by atoms with Crippen molar-refractivity contribution in [2.24, 2.45) is 0 Å². The summed E-state index contributed by atoms with van der Waals surface area (Å²) in [6, 6.07) is 8.06. The molecule has 0 saturated heterocycles. The Balaban J connectivity index is 1.35. The van der Waals surface area contributed by atoms with E-state index in [1.54, 1.807) is 18.2 Å². The smallest absolute Gasteiger partial charge is 0.379 e. The average molecular weight is 609 g/mol. The molecule has 0 heterocycles. The molecule has 0 N–H and O–H groups in total. The van der Waals surface area contributed by atoms with Crippen LogP contribution in [0.3, 0.4) is 0 Å². The molecule has 0 spiro atoms. The molecule has 0 aromatic heterocycles. The molecule has 42 heavy (non-hydrogen) atoms. The molecular formula is C27H29F5O10. The summed E-state index contributed by atoms with van der Waals surface area (Å²) in [5.74, 6) is -15.9. The van der Waals surface area contributed by atoms with Gasteiger partial charge in [-0.05, 0) is 0 Å². The third kappa shape index (κ3) is 12.2. The molecule has 0 aliphatic rings. The third-order valence-electron chi connectivity index (χ3n) is 5.01. The molecule has 0 saturated carbocycles. The van der Waals surface area contributed by atoms with Crippen molar-refractivity contribution in [2.75, 3.05) is 72.7 Å². The number of hydrogen-bond acceptors (Lipinski definition) is 10. The minimum atomic E-state index is -2.36. The largest absolute Gasteiger partial charge is 0.457 e. The van der Waals surface area contributed by atoms with Crippen LogP contribution in [0.4, 0.5) is 22.0 Å². The van der Waals surface area contributed by atoms with Crippen LogP contribution >= 0.6 is 0 Å². The zero-order valence-corrected chi connectivity index (χ0v) is 22.3. The maximum Gasteiger partial charge on any atom is 0.379 e. The second-order valence-electron chi connectivity index (χ2n) is 8.02. The number of esters is 2. The van der Waals surface area contributed by atoms with Crippen molar-refractivity contribution in [1.82, 2.24) is 0 Å². The molecule has 232 valence electrons. The van der Waals surface area contributed by atoms with Crippen LogP contribution in [0.2, 0.25) is 0 Å². The first-order valence-electron chi connectivity index (χ1n) is 12.6. The molecule has 15 heteroatoms. The van der Waals surface area contributed by atoms with E-state index in [1.807, 2.05) is 0 Å². The summed E-state index contributed by atoms with van der Waals surface area (Å²) in [4.78, 5) is 35.1. The number of ether oxygens (including phenoxy) is 7. The maximum atomic E-state index is 13.5. The van der Waals surface area contributed by atoms with E-state index in [-0.39, 0.29) is 65.0 Å². The summed E-state index contributed by atoms with van der Waals surface area (Å²) in [5.41, 5.74) is 0.250. The van der Waals surface area contributed by atoms with Gasteiger partial charge in [-0.15, -0.1) is 0 Å². The SMILES string of the molecule is O=C(CCOCCOCCOCCOCCOCCOC(=O)C(=O)c1ccccc1)Oc1c(F)c(F)c(F)c(F)c1F. The number of carbonyl (C=O) groups is 3. The Bertz CT molecular complexity index is 1120. The predicted octanol–water partition coefficient (Wildman–Crippen LogP) is 3.19. The Morgan fingerprint density at radius 1 is 0.524 bits per heavy atom. The number of hydrogen-bond donors (Lipinski definition) is 0. The van der Waals surface area contributed by atoms with Gasteiger partial charge in [-0.2, -0.15) is 8.78 Å². The van der Waals surface area contributed by atoms with E-state index >= 15 is 0 Å². The van der Waals surface area contributed by atoms with Crippen LogP contribution in [-0.4, -0.2) is 90.4 Å². The second-order valence-corrected chi connectivity index (χ2v) is 8.02. The fourth-order valence-corrected chi connectivity index (χ4v) is 2.94. The molecule has 0 radical (unpaired) electrons. The highest BCUT2D eigenvalue weighted by Gasteiger charge is 2.28. The summed E-state index contributed by atoms with van der Waals surface area (Å²) in [6.45, 7) is 1.63. The quantitative estimate of drug-likeness (QED) is 0.0306. The topological polar surface area (TPSA) is 116 Å². The first-order valence-corrected chi connectivity index (χ1v) is 12.6. The lowest BCUT2D eigenvalue weighted by Gasteiger charge is -2.09. The molecule has 2 rings (SSSR count). The van der Waals surface area contributed by atoms with Crippen molar-refractivity contribution in [3.63, 3.8) is 0 Å². The fourth-order valence-electron chi connectivity index (χ4n) is 2.94. The number of benzene rings is 2. The highest BCUT2D eigenvalue weighted by atomic mass is 19.2. The number of carbonyl (C=O) groups excluding carboxylic acids is 3. The van der Waals surface area contributed by atoms with Gasteiger partial charge in [-0.1, -0.05) is 30.3 Å². The molecule has 0 aliphatic carbocycles. The molecule has 10 nitrogen and oxygen atoms in total.